The highest BCUT2D eigenvalue weighted by molar-refractivity contribution is 6.69. The van der Waals surface area contributed by atoms with E-state index >= 15 is 0 Å². The summed E-state index contributed by atoms with van der Waals surface area (Å²) >= 11 is 9.97. The van der Waals surface area contributed by atoms with Crippen molar-refractivity contribution in [3.8, 4) is 0 Å². The number of nitrogens with one attached hydrogen (secondary N) is 1. The summed E-state index contributed by atoms with van der Waals surface area (Å²) in [5, 5.41) is 6.23. The normalized spacial score (nSPS) is 13.8. The Hall–Kier alpha value is 0.210. The Morgan fingerprint density at radius 3 is 2.00 bits per heavy atom. The van der Waals surface area contributed by atoms with Crippen LogP contribution in [-0.4, -0.2) is 10.7 Å². The summed E-state index contributed by atoms with van der Waals surface area (Å²) in [4.78, 5) is 0. The maximum Gasteiger partial charge on any atom is 0.133 e. The Balaban J connectivity index is 3.26. The summed E-state index contributed by atoms with van der Waals surface area (Å²) in [7, 11) is 0. The van der Waals surface area contributed by atoms with Crippen molar-refractivity contribution in [2.45, 2.75) is 5.50 Å². The minimum atomic E-state index is -0.827. The van der Waals surface area contributed by atoms with Gasteiger partial charge in [0, 0.05) is 0 Å². The lowest BCUT2D eigenvalue weighted by molar-refractivity contribution is 1.20. The molecule has 0 spiro atoms. The van der Waals surface area contributed by atoms with E-state index in [1.54, 1.807) is 0 Å². The van der Waals surface area contributed by atoms with Crippen LogP contribution in [0, 0.1) is 5.41 Å². The van der Waals surface area contributed by atoms with Gasteiger partial charge in [-0.05, 0) is 0 Å². The first-order valence-electron chi connectivity index (χ1n) is 1.28. The quantitative estimate of drug-likeness (QED) is 0.304. The van der Waals surface area contributed by atoms with Crippen LogP contribution in [0.5, 0.6) is 0 Å². The van der Waals surface area contributed by atoms with Crippen LogP contribution in [0.4, 0.5) is 0 Å². The fraction of sp³-hybridized carbons (Fsp3) is 0.500. The van der Waals surface area contributed by atoms with Crippen molar-refractivity contribution in [1.29, 1.82) is 5.41 Å². The summed E-state index contributed by atoms with van der Waals surface area (Å²) in [5.74, 6) is 0. The molecule has 6 heavy (non-hydrogen) atoms. The standard InChI is InChI=1S/C2H4Cl2N2/c3-1(5)2(4)6/h1,6H,5H2. The molecule has 36 valence electrons. The van der Waals surface area contributed by atoms with E-state index in [4.69, 9.17) is 34.3 Å². The first-order chi connectivity index (χ1) is 2.64. The van der Waals surface area contributed by atoms with Crippen LogP contribution in [0.15, 0.2) is 0 Å². The molecule has 0 aromatic carbocycles. The van der Waals surface area contributed by atoms with Crippen molar-refractivity contribution in [3.63, 3.8) is 0 Å². The monoisotopic (exact) mass is 126 g/mol. The Bertz CT molecular complexity index is 60.6. The molecule has 0 radical (unpaired) electrons. The van der Waals surface area contributed by atoms with Crippen LogP contribution in [0.1, 0.15) is 0 Å². The van der Waals surface area contributed by atoms with Gasteiger partial charge in [-0.15, -0.1) is 0 Å². The second kappa shape index (κ2) is 2.39. The first-order valence-corrected chi connectivity index (χ1v) is 2.09. The van der Waals surface area contributed by atoms with E-state index in [0.29, 0.717) is 0 Å². The molecule has 0 saturated carbocycles. The summed E-state index contributed by atoms with van der Waals surface area (Å²) in [6, 6.07) is 0. The maximum atomic E-state index is 6.46. The number of nitrogens with two attached hydrogens (primary N) is 1. The Morgan fingerprint density at radius 2 is 2.00 bits per heavy atom. The third-order valence-corrected chi connectivity index (χ3v) is 0.807. The average molecular weight is 127 g/mol. The van der Waals surface area contributed by atoms with Gasteiger partial charge in [-0.25, -0.2) is 0 Å². The minimum absolute atomic E-state index is 0.225. The molecule has 0 aliphatic carbocycles. The second-order valence-electron chi connectivity index (χ2n) is 0.750. The lowest BCUT2D eigenvalue weighted by Gasteiger charge is -1.90. The highest BCUT2D eigenvalue weighted by atomic mass is 35.5. The Kier molecular flexibility index (Phi) is 2.48. The van der Waals surface area contributed by atoms with E-state index in [1.165, 1.54) is 0 Å². The molecular formula is C2H4Cl2N2. The van der Waals surface area contributed by atoms with E-state index in [2.05, 4.69) is 0 Å². The smallest absolute Gasteiger partial charge is 0.133 e. The van der Waals surface area contributed by atoms with Crippen LogP contribution >= 0.6 is 23.2 Å². The van der Waals surface area contributed by atoms with Crippen molar-refractivity contribution in [1.82, 2.24) is 0 Å². The largest absolute Gasteiger partial charge is 0.310 e. The van der Waals surface area contributed by atoms with E-state index in [-0.39, 0.29) is 5.17 Å². The molecule has 1 atom stereocenters. The Morgan fingerprint density at radius 1 is 1.83 bits per heavy atom. The zero-order valence-electron chi connectivity index (χ0n) is 2.91. The lowest BCUT2D eigenvalue weighted by atomic mass is 10.7. The van der Waals surface area contributed by atoms with Gasteiger partial charge < -0.3 is 5.73 Å². The van der Waals surface area contributed by atoms with E-state index < -0.39 is 5.50 Å². The fourth-order valence-electron chi connectivity index (χ4n) is 0. The number of rotatable bonds is 1. The highest BCUT2D eigenvalue weighted by Crippen LogP contribution is 1.90. The maximum absolute atomic E-state index is 6.46. The predicted octanol–water partition coefficient (Wildman–Crippen LogP) is 0.726. The summed E-state index contributed by atoms with van der Waals surface area (Å²) in [6.07, 6.45) is 0. The molecule has 3 N–H and O–H groups in total. The van der Waals surface area contributed by atoms with Crippen LogP contribution in [0.25, 0.3) is 0 Å². The molecule has 0 aromatic heterocycles. The molecular weight excluding hydrogens is 123 g/mol. The third-order valence-electron chi connectivity index (χ3n) is 0.242. The molecule has 2 nitrogen and oxygen atoms in total. The van der Waals surface area contributed by atoms with Gasteiger partial charge in [0.25, 0.3) is 0 Å². The van der Waals surface area contributed by atoms with Gasteiger partial charge in [0.2, 0.25) is 0 Å². The average Bonchev–Trinajstić information content (AvgIpc) is 1.36. The van der Waals surface area contributed by atoms with E-state index in [1.807, 2.05) is 0 Å². The summed E-state index contributed by atoms with van der Waals surface area (Å²) in [6.45, 7) is 0. The van der Waals surface area contributed by atoms with Crippen LogP contribution in [0.2, 0.25) is 0 Å². The molecule has 4 heteroatoms. The molecule has 0 bridgehead atoms. The van der Waals surface area contributed by atoms with Crippen molar-refractivity contribution in [2.24, 2.45) is 5.73 Å². The van der Waals surface area contributed by atoms with Crippen LogP contribution in [0.3, 0.4) is 0 Å². The topological polar surface area (TPSA) is 49.9 Å². The first kappa shape index (κ1) is 6.21. The van der Waals surface area contributed by atoms with Gasteiger partial charge in [-0.3, -0.25) is 5.41 Å². The van der Waals surface area contributed by atoms with Gasteiger partial charge in [0.1, 0.15) is 10.7 Å². The number of hydrogen-bond acceptors (Lipinski definition) is 2. The van der Waals surface area contributed by atoms with Gasteiger partial charge in [0.15, 0.2) is 0 Å². The summed E-state index contributed by atoms with van der Waals surface area (Å²) < 4.78 is 0. The van der Waals surface area contributed by atoms with Gasteiger partial charge >= 0.3 is 0 Å². The van der Waals surface area contributed by atoms with E-state index in [9.17, 15) is 0 Å². The molecule has 0 heterocycles. The van der Waals surface area contributed by atoms with E-state index in [0.717, 1.165) is 0 Å². The minimum Gasteiger partial charge on any atom is -0.310 e. The SMILES string of the molecule is N=C(Cl)C(N)Cl. The number of halogens is 2. The second-order valence-corrected chi connectivity index (χ2v) is 1.63. The van der Waals surface area contributed by atoms with Crippen molar-refractivity contribution < 1.29 is 0 Å². The fourth-order valence-corrected chi connectivity index (χ4v) is 0. The summed E-state index contributed by atoms with van der Waals surface area (Å²) in [5.41, 5.74) is 4.02. The Labute approximate surface area is 45.7 Å². The molecule has 0 aromatic rings. The van der Waals surface area contributed by atoms with Crippen LogP contribution < -0.4 is 5.73 Å². The zero-order valence-corrected chi connectivity index (χ0v) is 4.42. The van der Waals surface area contributed by atoms with Crippen LogP contribution in [-0.2, 0) is 0 Å². The van der Waals surface area contributed by atoms with Crippen molar-refractivity contribution >= 4 is 28.4 Å². The third kappa shape index (κ3) is 2.45. The zero-order chi connectivity index (χ0) is 5.15. The van der Waals surface area contributed by atoms with Crippen molar-refractivity contribution in [2.75, 3.05) is 0 Å². The molecule has 0 rings (SSSR count). The highest BCUT2D eigenvalue weighted by Gasteiger charge is 1.96. The molecule has 0 amide bonds. The lowest BCUT2D eigenvalue weighted by Crippen LogP contribution is -2.17. The van der Waals surface area contributed by atoms with Gasteiger partial charge in [-0.1, -0.05) is 23.2 Å². The van der Waals surface area contributed by atoms with Gasteiger partial charge in [-0.2, -0.15) is 0 Å². The number of hydrogen-bond donors (Lipinski definition) is 2. The molecule has 1 unspecified atom stereocenters. The molecule has 0 saturated heterocycles. The molecule has 0 aliphatic heterocycles. The molecule has 0 fully saturated rings. The van der Waals surface area contributed by atoms with Gasteiger partial charge in [0.05, 0.1) is 0 Å². The number of alkyl halides is 1. The predicted molar refractivity (Wildman–Crippen MR) is 27.4 cm³/mol. The van der Waals surface area contributed by atoms with Crippen molar-refractivity contribution in [3.05, 3.63) is 0 Å². The molecule has 0 aliphatic rings.